The van der Waals surface area contributed by atoms with E-state index in [1.54, 1.807) is 10.9 Å². The van der Waals surface area contributed by atoms with Gasteiger partial charge in [-0.3, -0.25) is 9.36 Å². The van der Waals surface area contributed by atoms with Crippen molar-refractivity contribution in [2.75, 3.05) is 11.9 Å². The SMILES string of the molecule is Cc1nn(C)cc1CNc1cnn(CCO)c1.Cl. The lowest BCUT2D eigenvalue weighted by Gasteiger charge is -2.01. The number of aliphatic hydroxyl groups is 1. The van der Waals surface area contributed by atoms with E-state index in [0.717, 1.165) is 17.9 Å². The Kier molecular flexibility index (Phi) is 5.18. The molecule has 18 heavy (non-hydrogen) atoms. The molecule has 2 N–H and O–H groups in total. The summed E-state index contributed by atoms with van der Waals surface area (Å²) in [4.78, 5) is 0. The minimum Gasteiger partial charge on any atom is -0.394 e. The van der Waals surface area contributed by atoms with Crippen LogP contribution in [0.2, 0.25) is 0 Å². The van der Waals surface area contributed by atoms with Crippen LogP contribution in [0.3, 0.4) is 0 Å². The van der Waals surface area contributed by atoms with Gasteiger partial charge in [0, 0.05) is 31.5 Å². The number of nitrogens with one attached hydrogen (secondary N) is 1. The molecule has 6 nitrogen and oxygen atoms in total. The molecule has 2 aromatic heterocycles. The van der Waals surface area contributed by atoms with Gasteiger partial charge in [-0.25, -0.2) is 0 Å². The summed E-state index contributed by atoms with van der Waals surface area (Å²) in [6, 6.07) is 0. The minimum absolute atomic E-state index is 0. The average Bonchev–Trinajstić information content (AvgIpc) is 2.83. The standard InChI is InChI=1S/C11H17N5O.ClH/c1-9-10(7-15(2)14-9)5-12-11-6-13-16(8-11)3-4-17;/h6-8,12,17H,3-5H2,1-2H3;1H. The summed E-state index contributed by atoms with van der Waals surface area (Å²) >= 11 is 0. The highest BCUT2D eigenvalue weighted by Crippen LogP contribution is 2.10. The molecule has 0 spiro atoms. The maximum absolute atomic E-state index is 8.78. The van der Waals surface area contributed by atoms with E-state index < -0.39 is 0 Å². The minimum atomic E-state index is 0. The fourth-order valence-corrected chi connectivity index (χ4v) is 1.70. The molecule has 0 radical (unpaired) electrons. The van der Waals surface area contributed by atoms with Crippen molar-refractivity contribution in [2.45, 2.75) is 20.0 Å². The molecule has 2 heterocycles. The van der Waals surface area contributed by atoms with Crippen LogP contribution in [-0.4, -0.2) is 31.3 Å². The van der Waals surface area contributed by atoms with Gasteiger partial charge < -0.3 is 10.4 Å². The van der Waals surface area contributed by atoms with Crippen molar-refractivity contribution in [2.24, 2.45) is 7.05 Å². The van der Waals surface area contributed by atoms with Crippen molar-refractivity contribution in [1.29, 1.82) is 0 Å². The lowest BCUT2D eigenvalue weighted by Crippen LogP contribution is -2.02. The van der Waals surface area contributed by atoms with Gasteiger partial charge in [0.2, 0.25) is 0 Å². The predicted octanol–water partition coefficient (Wildman–Crippen LogP) is 0.951. The van der Waals surface area contributed by atoms with Crippen molar-refractivity contribution in [1.82, 2.24) is 19.6 Å². The number of aliphatic hydroxyl groups excluding tert-OH is 1. The monoisotopic (exact) mass is 271 g/mol. The number of rotatable bonds is 5. The van der Waals surface area contributed by atoms with E-state index in [0.29, 0.717) is 6.54 Å². The van der Waals surface area contributed by atoms with Crippen molar-refractivity contribution in [3.8, 4) is 0 Å². The normalized spacial score (nSPS) is 10.2. The molecule has 0 saturated carbocycles. The molecule has 0 amide bonds. The highest BCUT2D eigenvalue weighted by molar-refractivity contribution is 5.85. The fourth-order valence-electron chi connectivity index (χ4n) is 1.70. The number of hydrogen-bond donors (Lipinski definition) is 2. The summed E-state index contributed by atoms with van der Waals surface area (Å²) in [6.45, 7) is 3.34. The molecule has 2 aromatic rings. The zero-order valence-electron chi connectivity index (χ0n) is 10.5. The number of anilines is 1. The van der Waals surface area contributed by atoms with E-state index in [2.05, 4.69) is 15.5 Å². The van der Waals surface area contributed by atoms with Crippen molar-refractivity contribution < 1.29 is 5.11 Å². The van der Waals surface area contributed by atoms with E-state index in [1.165, 1.54) is 5.56 Å². The lowest BCUT2D eigenvalue weighted by molar-refractivity contribution is 0.269. The van der Waals surface area contributed by atoms with Crippen LogP contribution in [0.25, 0.3) is 0 Å². The van der Waals surface area contributed by atoms with Crippen LogP contribution in [-0.2, 0) is 20.1 Å². The highest BCUT2D eigenvalue weighted by atomic mass is 35.5. The van der Waals surface area contributed by atoms with Gasteiger partial charge in [0.25, 0.3) is 0 Å². The quantitative estimate of drug-likeness (QED) is 0.850. The summed E-state index contributed by atoms with van der Waals surface area (Å²) in [5.41, 5.74) is 3.15. The number of halogens is 1. The Balaban J connectivity index is 0.00000162. The Morgan fingerprint density at radius 3 is 2.78 bits per heavy atom. The van der Waals surface area contributed by atoms with Gasteiger partial charge >= 0.3 is 0 Å². The zero-order valence-corrected chi connectivity index (χ0v) is 11.3. The molecule has 100 valence electrons. The zero-order chi connectivity index (χ0) is 12.3. The van der Waals surface area contributed by atoms with Gasteiger partial charge in [0.1, 0.15) is 0 Å². The second kappa shape index (κ2) is 6.42. The van der Waals surface area contributed by atoms with Crippen LogP contribution in [0.1, 0.15) is 11.3 Å². The molecule has 7 heteroatoms. The van der Waals surface area contributed by atoms with Crippen LogP contribution in [0, 0.1) is 6.92 Å². The molecule has 0 unspecified atom stereocenters. The Morgan fingerprint density at radius 2 is 2.17 bits per heavy atom. The second-order valence-electron chi connectivity index (χ2n) is 3.98. The fraction of sp³-hybridized carbons (Fsp3) is 0.455. The number of nitrogens with zero attached hydrogens (tertiary/aromatic N) is 4. The van der Waals surface area contributed by atoms with E-state index in [-0.39, 0.29) is 19.0 Å². The maximum Gasteiger partial charge on any atom is 0.0729 e. The highest BCUT2D eigenvalue weighted by Gasteiger charge is 2.03. The molecule has 0 saturated heterocycles. The first kappa shape index (κ1) is 14.5. The molecule has 2 rings (SSSR count). The number of aromatic nitrogens is 4. The summed E-state index contributed by atoms with van der Waals surface area (Å²) in [5.74, 6) is 0. The van der Waals surface area contributed by atoms with Gasteiger partial charge in [0.15, 0.2) is 0 Å². The van der Waals surface area contributed by atoms with Crippen molar-refractivity contribution in [3.05, 3.63) is 29.8 Å². The molecule has 0 atom stereocenters. The predicted molar refractivity (Wildman–Crippen MR) is 71.8 cm³/mol. The van der Waals surface area contributed by atoms with Crippen LogP contribution >= 0.6 is 12.4 Å². The van der Waals surface area contributed by atoms with Crippen LogP contribution < -0.4 is 5.32 Å². The van der Waals surface area contributed by atoms with Gasteiger partial charge in [-0.15, -0.1) is 12.4 Å². The third kappa shape index (κ3) is 3.48. The van der Waals surface area contributed by atoms with Crippen molar-refractivity contribution >= 4 is 18.1 Å². The third-order valence-electron chi connectivity index (χ3n) is 2.56. The Morgan fingerprint density at radius 1 is 1.39 bits per heavy atom. The Bertz CT molecular complexity index is 493. The van der Waals surface area contributed by atoms with Crippen LogP contribution in [0.4, 0.5) is 5.69 Å². The first-order valence-electron chi connectivity index (χ1n) is 5.55. The Labute approximate surface area is 112 Å². The van der Waals surface area contributed by atoms with E-state index >= 15 is 0 Å². The molecule has 0 fully saturated rings. The average molecular weight is 272 g/mol. The van der Waals surface area contributed by atoms with E-state index in [1.807, 2.05) is 31.0 Å². The number of hydrogen-bond acceptors (Lipinski definition) is 4. The lowest BCUT2D eigenvalue weighted by atomic mass is 10.2. The molecule has 0 aliphatic heterocycles. The molecular formula is C11H18ClN5O. The van der Waals surface area contributed by atoms with Crippen LogP contribution in [0.5, 0.6) is 0 Å². The van der Waals surface area contributed by atoms with Crippen LogP contribution in [0.15, 0.2) is 18.6 Å². The summed E-state index contributed by atoms with van der Waals surface area (Å²) in [5, 5.41) is 20.5. The first-order valence-corrected chi connectivity index (χ1v) is 5.55. The van der Waals surface area contributed by atoms with Crippen molar-refractivity contribution in [3.63, 3.8) is 0 Å². The maximum atomic E-state index is 8.78. The van der Waals surface area contributed by atoms with Gasteiger partial charge in [-0.2, -0.15) is 10.2 Å². The first-order chi connectivity index (χ1) is 8.19. The summed E-state index contributed by atoms with van der Waals surface area (Å²) < 4.78 is 3.51. The molecule has 0 bridgehead atoms. The molecule has 0 aliphatic carbocycles. The number of aryl methyl sites for hydroxylation is 2. The van der Waals surface area contributed by atoms with Gasteiger partial charge in [-0.1, -0.05) is 0 Å². The van der Waals surface area contributed by atoms with E-state index in [4.69, 9.17) is 5.11 Å². The van der Waals surface area contributed by atoms with E-state index in [9.17, 15) is 0 Å². The Hall–Kier alpha value is -1.53. The second-order valence-corrected chi connectivity index (χ2v) is 3.98. The molecule has 0 aliphatic rings. The summed E-state index contributed by atoms with van der Waals surface area (Å²) in [7, 11) is 1.91. The van der Waals surface area contributed by atoms with Gasteiger partial charge in [-0.05, 0) is 6.92 Å². The summed E-state index contributed by atoms with van der Waals surface area (Å²) in [6.07, 6.45) is 5.63. The smallest absolute Gasteiger partial charge is 0.0729 e. The topological polar surface area (TPSA) is 67.9 Å². The largest absolute Gasteiger partial charge is 0.394 e. The molecule has 0 aromatic carbocycles. The molecular weight excluding hydrogens is 254 g/mol. The third-order valence-corrected chi connectivity index (χ3v) is 2.56. The van der Waals surface area contributed by atoms with Gasteiger partial charge in [0.05, 0.1) is 30.7 Å².